The Morgan fingerprint density at radius 1 is 1.15 bits per heavy atom. The molecule has 1 saturated carbocycles. The molecule has 20 heavy (non-hydrogen) atoms. The van der Waals surface area contributed by atoms with Crippen molar-refractivity contribution in [2.75, 3.05) is 31.1 Å². The molecule has 0 bridgehead atoms. The Hall–Kier alpha value is -1.17. The number of rotatable bonds is 3. The molecule has 1 aliphatic carbocycles. The summed E-state index contributed by atoms with van der Waals surface area (Å²) in [7, 11) is 0. The molecule has 3 aliphatic rings. The highest BCUT2D eigenvalue weighted by Crippen LogP contribution is 2.40. The average molecular weight is 292 g/mol. The van der Waals surface area contributed by atoms with Gasteiger partial charge < -0.3 is 9.80 Å². The minimum Gasteiger partial charge on any atom is -0.345 e. The number of anilines is 1. The highest BCUT2D eigenvalue weighted by atomic mass is 32.1. The van der Waals surface area contributed by atoms with Crippen LogP contribution in [-0.4, -0.2) is 46.3 Å². The highest BCUT2D eigenvalue weighted by molar-refractivity contribution is 7.09. The lowest BCUT2D eigenvalue weighted by Crippen LogP contribution is -2.55. The smallest absolute Gasteiger partial charge is 0.229 e. The van der Waals surface area contributed by atoms with Crippen LogP contribution in [0.3, 0.4) is 0 Å². The van der Waals surface area contributed by atoms with Gasteiger partial charge in [0.25, 0.3) is 0 Å². The third-order valence-corrected chi connectivity index (χ3v) is 5.33. The molecule has 0 spiro atoms. The largest absolute Gasteiger partial charge is 0.345 e. The van der Waals surface area contributed by atoms with Crippen LogP contribution in [0.1, 0.15) is 43.8 Å². The van der Waals surface area contributed by atoms with Crippen LogP contribution in [-0.2, 0) is 4.79 Å². The van der Waals surface area contributed by atoms with E-state index in [1.807, 2.05) is 0 Å². The van der Waals surface area contributed by atoms with Crippen molar-refractivity contribution in [2.24, 2.45) is 5.92 Å². The second kappa shape index (κ2) is 4.98. The summed E-state index contributed by atoms with van der Waals surface area (Å²) in [6, 6.07) is 0. The first kappa shape index (κ1) is 12.6. The molecule has 0 atom stereocenters. The van der Waals surface area contributed by atoms with E-state index < -0.39 is 0 Å². The summed E-state index contributed by atoms with van der Waals surface area (Å²) in [4.78, 5) is 21.2. The zero-order chi connectivity index (χ0) is 13.5. The minimum atomic E-state index is 0.182. The van der Waals surface area contributed by atoms with Gasteiger partial charge in [-0.15, -0.1) is 0 Å². The SMILES string of the molecule is O=C(C1CN(c2nc(C3CC3)ns2)C1)N1CCCCC1. The Labute approximate surface area is 123 Å². The monoisotopic (exact) mass is 292 g/mol. The number of likely N-dealkylation sites (tertiary alicyclic amines) is 1. The average Bonchev–Trinajstić information content (AvgIpc) is 3.18. The summed E-state index contributed by atoms with van der Waals surface area (Å²) in [5, 5.41) is 1.01. The molecular formula is C14H20N4OS. The molecule has 1 aromatic heterocycles. The molecule has 6 heteroatoms. The van der Waals surface area contributed by atoms with Gasteiger partial charge in [-0.2, -0.15) is 4.37 Å². The first-order chi connectivity index (χ1) is 9.81. The van der Waals surface area contributed by atoms with Crippen LogP contribution in [0, 0.1) is 5.92 Å². The van der Waals surface area contributed by atoms with Gasteiger partial charge >= 0.3 is 0 Å². The summed E-state index contributed by atoms with van der Waals surface area (Å²) in [6.45, 7) is 3.57. The molecule has 0 N–H and O–H groups in total. The molecular weight excluding hydrogens is 272 g/mol. The van der Waals surface area contributed by atoms with E-state index in [1.165, 1.54) is 43.6 Å². The number of carbonyl (C=O) groups is 1. The third kappa shape index (κ3) is 2.30. The second-order valence-corrected chi connectivity index (χ2v) is 6.93. The van der Waals surface area contributed by atoms with Crippen molar-refractivity contribution in [2.45, 2.75) is 38.0 Å². The van der Waals surface area contributed by atoms with E-state index >= 15 is 0 Å². The molecule has 2 aliphatic heterocycles. The molecule has 0 unspecified atom stereocenters. The zero-order valence-electron chi connectivity index (χ0n) is 11.6. The van der Waals surface area contributed by atoms with E-state index in [4.69, 9.17) is 0 Å². The molecule has 1 aromatic rings. The predicted octanol–water partition coefficient (Wildman–Crippen LogP) is 1.86. The first-order valence-corrected chi connectivity index (χ1v) is 8.46. The van der Waals surface area contributed by atoms with Gasteiger partial charge in [0.2, 0.25) is 11.0 Å². The topological polar surface area (TPSA) is 49.3 Å². The zero-order valence-corrected chi connectivity index (χ0v) is 12.4. The van der Waals surface area contributed by atoms with Crippen molar-refractivity contribution in [1.29, 1.82) is 0 Å². The molecule has 0 aromatic carbocycles. The lowest BCUT2D eigenvalue weighted by molar-refractivity contribution is -0.137. The van der Waals surface area contributed by atoms with E-state index in [0.29, 0.717) is 11.8 Å². The van der Waals surface area contributed by atoms with Gasteiger partial charge in [-0.1, -0.05) is 0 Å². The van der Waals surface area contributed by atoms with Gasteiger partial charge in [0, 0.05) is 43.6 Å². The van der Waals surface area contributed by atoms with Crippen LogP contribution in [0.2, 0.25) is 0 Å². The molecule has 108 valence electrons. The molecule has 3 heterocycles. The predicted molar refractivity (Wildman–Crippen MR) is 78.0 cm³/mol. The van der Waals surface area contributed by atoms with E-state index in [9.17, 15) is 4.79 Å². The van der Waals surface area contributed by atoms with Gasteiger partial charge in [-0.3, -0.25) is 4.79 Å². The summed E-state index contributed by atoms with van der Waals surface area (Å²) < 4.78 is 4.43. The van der Waals surface area contributed by atoms with Gasteiger partial charge in [0.05, 0.1) is 5.92 Å². The van der Waals surface area contributed by atoms with Crippen LogP contribution in [0.4, 0.5) is 5.13 Å². The van der Waals surface area contributed by atoms with Crippen LogP contribution < -0.4 is 4.90 Å². The maximum atomic E-state index is 12.3. The maximum absolute atomic E-state index is 12.3. The number of amides is 1. The van der Waals surface area contributed by atoms with Gasteiger partial charge in [-0.05, 0) is 32.1 Å². The molecule has 0 radical (unpaired) electrons. The quantitative estimate of drug-likeness (QED) is 0.853. The maximum Gasteiger partial charge on any atom is 0.229 e. The van der Waals surface area contributed by atoms with Crippen molar-refractivity contribution in [3.8, 4) is 0 Å². The van der Waals surface area contributed by atoms with Crippen molar-refractivity contribution < 1.29 is 4.79 Å². The van der Waals surface area contributed by atoms with Crippen molar-refractivity contribution in [1.82, 2.24) is 14.3 Å². The fourth-order valence-electron chi connectivity index (χ4n) is 3.03. The molecule has 5 nitrogen and oxygen atoms in total. The number of hydrogen-bond donors (Lipinski definition) is 0. The molecule has 4 rings (SSSR count). The van der Waals surface area contributed by atoms with E-state index in [1.54, 1.807) is 0 Å². The summed E-state index contributed by atoms with van der Waals surface area (Å²) >= 11 is 1.49. The van der Waals surface area contributed by atoms with E-state index in [-0.39, 0.29) is 5.92 Å². The Bertz CT molecular complexity index is 501. The first-order valence-electron chi connectivity index (χ1n) is 7.68. The lowest BCUT2D eigenvalue weighted by Gasteiger charge is -2.41. The Balaban J connectivity index is 1.32. The van der Waals surface area contributed by atoms with Crippen molar-refractivity contribution in [3.63, 3.8) is 0 Å². The number of carbonyl (C=O) groups excluding carboxylic acids is 1. The van der Waals surface area contributed by atoms with Gasteiger partial charge in [0.1, 0.15) is 5.82 Å². The number of hydrogen-bond acceptors (Lipinski definition) is 5. The van der Waals surface area contributed by atoms with Crippen molar-refractivity contribution >= 4 is 22.6 Å². The van der Waals surface area contributed by atoms with E-state index in [0.717, 1.165) is 37.1 Å². The fraction of sp³-hybridized carbons (Fsp3) is 0.786. The number of aromatic nitrogens is 2. The summed E-state index contributed by atoms with van der Waals surface area (Å²) in [5.41, 5.74) is 0. The van der Waals surface area contributed by atoms with Crippen LogP contribution >= 0.6 is 11.5 Å². The summed E-state index contributed by atoms with van der Waals surface area (Å²) in [6.07, 6.45) is 6.10. The van der Waals surface area contributed by atoms with Crippen LogP contribution in [0.15, 0.2) is 0 Å². The normalized spacial score (nSPS) is 23.8. The number of piperidine rings is 1. The van der Waals surface area contributed by atoms with Crippen molar-refractivity contribution in [3.05, 3.63) is 5.82 Å². The van der Waals surface area contributed by atoms with Crippen LogP contribution in [0.5, 0.6) is 0 Å². The Morgan fingerprint density at radius 2 is 1.90 bits per heavy atom. The van der Waals surface area contributed by atoms with Gasteiger partial charge in [0.15, 0.2) is 0 Å². The number of nitrogens with zero attached hydrogens (tertiary/aromatic N) is 4. The fourth-order valence-corrected chi connectivity index (χ4v) is 3.79. The van der Waals surface area contributed by atoms with E-state index in [2.05, 4.69) is 19.2 Å². The lowest BCUT2D eigenvalue weighted by atomic mass is 9.98. The Kier molecular flexibility index (Phi) is 3.13. The molecule has 2 saturated heterocycles. The second-order valence-electron chi connectivity index (χ2n) is 6.20. The highest BCUT2D eigenvalue weighted by Gasteiger charge is 2.38. The molecule has 3 fully saturated rings. The van der Waals surface area contributed by atoms with Crippen LogP contribution in [0.25, 0.3) is 0 Å². The minimum absolute atomic E-state index is 0.182. The standard InChI is InChI=1S/C14H20N4OS/c19-13(17-6-2-1-3-7-17)11-8-18(9-11)14-15-12(16-20-14)10-4-5-10/h10-11H,1-9H2. The van der Waals surface area contributed by atoms with Gasteiger partial charge in [-0.25, -0.2) is 4.98 Å². The molecule has 1 amide bonds. The summed E-state index contributed by atoms with van der Waals surface area (Å²) in [5.74, 6) is 2.18. The Morgan fingerprint density at radius 3 is 2.60 bits per heavy atom. The third-order valence-electron chi connectivity index (χ3n) is 4.54.